The van der Waals surface area contributed by atoms with Gasteiger partial charge in [-0.15, -0.1) is 0 Å². The Morgan fingerprint density at radius 2 is 1.77 bits per heavy atom. The average molecular weight is 615 g/mol. The number of phenolic OH excluding ortho intramolecular Hbond substituents is 1. The number of benzene rings is 2. The minimum absolute atomic E-state index is 0.0166. The van der Waals surface area contributed by atoms with E-state index in [0.29, 0.717) is 29.2 Å². The van der Waals surface area contributed by atoms with Crippen LogP contribution in [0.1, 0.15) is 81.6 Å². The van der Waals surface area contributed by atoms with Gasteiger partial charge in [0, 0.05) is 11.1 Å². The van der Waals surface area contributed by atoms with Crippen molar-refractivity contribution in [2.75, 3.05) is 18.5 Å². The summed E-state index contributed by atoms with van der Waals surface area (Å²) in [6.07, 6.45) is 1.15. The lowest BCUT2D eigenvalue weighted by molar-refractivity contribution is 0.0134. The number of carbonyl (C=O) groups is 2. The molecule has 2 aromatic carbocycles. The molecule has 0 spiro atoms. The monoisotopic (exact) mass is 614 g/mol. The first-order valence-corrected chi connectivity index (χ1v) is 17.4. The number of aliphatic hydroxyl groups excluding tert-OH is 1. The van der Waals surface area contributed by atoms with Crippen LogP contribution in [0, 0.1) is 0 Å². The predicted molar refractivity (Wildman–Crippen MR) is 169 cm³/mol. The van der Waals surface area contributed by atoms with Crippen molar-refractivity contribution in [1.82, 2.24) is 4.90 Å². The SMILES string of the molecule is CCOc1cc(C(=O)O)ccc1CN(C[C@H](O[Si](C)(C)C(C)(C)C)c1ccc(O)c2c1C=CC(O)N2)C(=O)OC(C)(C)C. The number of carbonyl (C=O) groups excluding carboxylic acids is 1. The average Bonchev–Trinajstić information content (AvgIpc) is 2.87. The lowest BCUT2D eigenvalue weighted by atomic mass is 9.96. The fourth-order valence-corrected chi connectivity index (χ4v) is 5.66. The fourth-order valence-electron chi connectivity index (χ4n) is 4.40. The second kappa shape index (κ2) is 13.0. The fraction of sp³-hybridized carbons (Fsp3) is 0.500. The summed E-state index contributed by atoms with van der Waals surface area (Å²) in [5.41, 5.74) is 1.67. The molecule has 1 heterocycles. The molecule has 4 N–H and O–H groups in total. The molecule has 236 valence electrons. The van der Waals surface area contributed by atoms with Crippen molar-refractivity contribution in [3.8, 4) is 11.5 Å². The third kappa shape index (κ3) is 8.52. The molecule has 0 radical (unpaired) electrons. The van der Waals surface area contributed by atoms with Gasteiger partial charge >= 0.3 is 12.1 Å². The second-order valence-electron chi connectivity index (χ2n) is 13.2. The largest absolute Gasteiger partial charge is 0.506 e. The second-order valence-corrected chi connectivity index (χ2v) is 18.0. The number of fused-ring (bicyclic) bond motifs is 1. The number of carboxylic acid groups (broad SMARTS) is 1. The van der Waals surface area contributed by atoms with E-state index in [9.17, 15) is 24.9 Å². The van der Waals surface area contributed by atoms with Crippen LogP contribution in [-0.4, -0.2) is 65.6 Å². The van der Waals surface area contributed by atoms with Crippen LogP contribution in [0.5, 0.6) is 11.5 Å². The first-order valence-electron chi connectivity index (χ1n) is 14.5. The minimum Gasteiger partial charge on any atom is -0.506 e. The molecule has 10 nitrogen and oxygen atoms in total. The predicted octanol–water partition coefficient (Wildman–Crippen LogP) is 6.75. The molecule has 0 aliphatic carbocycles. The zero-order valence-electron chi connectivity index (χ0n) is 26.6. The van der Waals surface area contributed by atoms with Crippen LogP contribution in [0.25, 0.3) is 6.08 Å². The lowest BCUT2D eigenvalue weighted by Crippen LogP contribution is -2.45. The minimum atomic E-state index is -2.43. The Hall–Kier alpha value is -3.54. The highest BCUT2D eigenvalue weighted by atomic mass is 28.4. The summed E-state index contributed by atoms with van der Waals surface area (Å²) >= 11 is 0. The maximum Gasteiger partial charge on any atom is 0.410 e. The van der Waals surface area contributed by atoms with Crippen LogP contribution in [0.3, 0.4) is 0 Å². The summed E-state index contributed by atoms with van der Waals surface area (Å²) in [6.45, 7) is 18.3. The standard InChI is InChI=1S/C32H46N2O8Si/c1-10-40-25-17-20(29(37)38)11-12-21(25)18-34(30(39)41-31(2,3)4)19-26(42-43(8,9)32(5,6)7)22-13-15-24(35)28-23(22)14-16-27(36)33-28/h11-17,26-27,33,35-36H,10,18-19H2,1-9H3,(H,37,38)/t26-,27?/m0/s1. The summed E-state index contributed by atoms with van der Waals surface area (Å²) in [5.74, 6) is -0.735. The highest BCUT2D eigenvalue weighted by molar-refractivity contribution is 6.74. The van der Waals surface area contributed by atoms with E-state index in [0.717, 1.165) is 5.56 Å². The molecular weight excluding hydrogens is 568 g/mol. The number of aliphatic hydroxyl groups is 1. The molecule has 1 aliphatic rings. The van der Waals surface area contributed by atoms with Gasteiger partial charge in [0.1, 0.15) is 23.3 Å². The summed E-state index contributed by atoms with van der Waals surface area (Å²) in [4.78, 5) is 26.9. The van der Waals surface area contributed by atoms with E-state index in [2.05, 4.69) is 39.2 Å². The molecular formula is C32H46N2O8Si. The van der Waals surface area contributed by atoms with Crippen LogP contribution in [0.2, 0.25) is 18.1 Å². The molecule has 1 unspecified atom stereocenters. The maximum absolute atomic E-state index is 13.7. The van der Waals surface area contributed by atoms with Crippen molar-refractivity contribution in [2.24, 2.45) is 0 Å². The van der Waals surface area contributed by atoms with Crippen molar-refractivity contribution < 1.29 is 38.8 Å². The van der Waals surface area contributed by atoms with E-state index in [1.807, 2.05) is 0 Å². The van der Waals surface area contributed by atoms with E-state index >= 15 is 0 Å². The number of rotatable bonds is 10. The van der Waals surface area contributed by atoms with Gasteiger partial charge in [0.05, 0.1) is 37.1 Å². The van der Waals surface area contributed by atoms with Gasteiger partial charge in [-0.3, -0.25) is 0 Å². The van der Waals surface area contributed by atoms with Crippen molar-refractivity contribution in [3.63, 3.8) is 0 Å². The van der Waals surface area contributed by atoms with Crippen LogP contribution in [-0.2, 0) is 15.7 Å². The number of hydrogen-bond donors (Lipinski definition) is 4. The Morgan fingerprint density at radius 3 is 2.35 bits per heavy atom. The summed E-state index contributed by atoms with van der Waals surface area (Å²) < 4.78 is 18.6. The Bertz CT molecular complexity index is 1360. The van der Waals surface area contributed by atoms with Crippen LogP contribution >= 0.6 is 0 Å². The number of amides is 1. The highest BCUT2D eigenvalue weighted by Crippen LogP contribution is 2.43. The molecule has 0 fully saturated rings. The van der Waals surface area contributed by atoms with Crippen LogP contribution in [0.4, 0.5) is 10.5 Å². The third-order valence-electron chi connectivity index (χ3n) is 7.60. The molecule has 0 saturated carbocycles. The molecule has 1 amide bonds. The Labute approximate surface area is 255 Å². The molecule has 0 bridgehead atoms. The van der Waals surface area contributed by atoms with Gasteiger partial charge in [-0.25, -0.2) is 9.59 Å². The molecule has 0 saturated heterocycles. The zero-order valence-corrected chi connectivity index (χ0v) is 27.6. The normalized spacial score (nSPS) is 15.7. The first kappa shape index (κ1) is 34.0. The number of aromatic hydroxyl groups is 1. The number of ether oxygens (including phenoxy) is 2. The van der Waals surface area contributed by atoms with E-state index in [4.69, 9.17) is 13.9 Å². The molecule has 43 heavy (non-hydrogen) atoms. The number of carboxylic acids is 1. The topological polar surface area (TPSA) is 138 Å². The van der Waals surface area contributed by atoms with Crippen LogP contribution < -0.4 is 10.1 Å². The lowest BCUT2D eigenvalue weighted by Gasteiger charge is -2.41. The highest BCUT2D eigenvalue weighted by Gasteiger charge is 2.41. The van der Waals surface area contributed by atoms with Crippen molar-refractivity contribution in [3.05, 3.63) is 58.7 Å². The van der Waals surface area contributed by atoms with Gasteiger partial charge in [0.2, 0.25) is 0 Å². The smallest absolute Gasteiger partial charge is 0.410 e. The van der Waals surface area contributed by atoms with E-state index in [1.54, 1.807) is 58.0 Å². The molecule has 2 aromatic rings. The van der Waals surface area contributed by atoms with Gasteiger partial charge in [-0.1, -0.05) is 39.0 Å². The van der Waals surface area contributed by atoms with Crippen molar-refractivity contribution >= 4 is 32.1 Å². The number of phenols is 1. The Kier molecular flexibility index (Phi) is 10.3. The molecule has 1 aliphatic heterocycles. The zero-order chi connectivity index (χ0) is 32.3. The van der Waals surface area contributed by atoms with E-state index < -0.39 is 38.3 Å². The molecule has 11 heteroatoms. The van der Waals surface area contributed by atoms with Crippen molar-refractivity contribution in [2.45, 2.75) is 91.1 Å². The van der Waals surface area contributed by atoms with E-state index in [-0.39, 0.29) is 29.4 Å². The van der Waals surface area contributed by atoms with Gasteiger partial charge in [-0.2, -0.15) is 0 Å². The Morgan fingerprint density at radius 1 is 1.09 bits per heavy atom. The number of anilines is 1. The Balaban J connectivity index is 2.15. The quantitative estimate of drug-likeness (QED) is 0.169. The molecule has 2 atom stereocenters. The number of hydrogen-bond acceptors (Lipinski definition) is 8. The first-order chi connectivity index (χ1) is 19.8. The van der Waals surface area contributed by atoms with E-state index in [1.165, 1.54) is 17.0 Å². The number of aromatic carboxylic acids is 1. The molecule has 0 aromatic heterocycles. The number of nitrogens with zero attached hydrogens (tertiary/aromatic N) is 1. The maximum atomic E-state index is 13.7. The van der Waals surface area contributed by atoms with Crippen LogP contribution in [0.15, 0.2) is 36.4 Å². The van der Waals surface area contributed by atoms with Gasteiger partial charge in [-0.05, 0) is 75.7 Å². The van der Waals surface area contributed by atoms with Gasteiger partial charge < -0.3 is 39.4 Å². The summed E-state index contributed by atoms with van der Waals surface area (Å²) in [6, 6.07) is 7.90. The summed E-state index contributed by atoms with van der Waals surface area (Å²) in [7, 11) is -2.43. The summed E-state index contributed by atoms with van der Waals surface area (Å²) in [5, 5.41) is 33.0. The van der Waals surface area contributed by atoms with Gasteiger partial charge in [0.25, 0.3) is 0 Å². The van der Waals surface area contributed by atoms with Gasteiger partial charge in [0.15, 0.2) is 8.32 Å². The number of nitrogens with one attached hydrogen (secondary N) is 1. The van der Waals surface area contributed by atoms with Crippen molar-refractivity contribution in [1.29, 1.82) is 0 Å². The molecule has 3 rings (SSSR count). The third-order valence-corrected chi connectivity index (χ3v) is 12.1.